The molecule has 2 nitrogen and oxygen atoms in total. The molecule has 0 fully saturated rings. The summed E-state index contributed by atoms with van der Waals surface area (Å²) in [6, 6.07) is 8.05. The molecule has 1 rings (SSSR count). The van der Waals surface area contributed by atoms with E-state index in [0.29, 0.717) is 6.42 Å². The zero-order valence-electron chi connectivity index (χ0n) is 7.45. The maximum Gasteiger partial charge on any atom is 0.158 e. The van der Waals surface area contributed by atoms with E-state index < -0.39 is 6.29 Å². The van der Waals surface area contributed by atoms with Crippen LogP contribution in [0.15, 0.2) is 24.3 Å². The first-order valence-electron chi connectivity index (χ1n) is 3.99. The highest BCUT2D eigenvalue weighted by Crippen LogP contribution is 2.05. The van der Waals surface area contributed by atoms with E-state index in [1.54, 1.807) is 0 Å². The average Bonchev–Trinajstić information content (AvgIpc) is 2.09. The molecule has 0 saturated heterocycles. The van der Waals surface area contributed by atoms with Gasteiger partial charge in [-0.05, 0) is 12.5 Å². The lowest BCUT2D eigenvalue weighted by atomic mass is 10.1. The van der Waals surface area contributed by atoms with E-state index in [-0.39, 0.29) is 0 Å². The maximum atomic E-state index is 9.16. The van der Waals surface area contributed by atoms with E-state index in [4.69, 9.17) is 9.84 Å². The number of hydrogen-bond donors (Lipinski definition) is 1. The van der Waals surface area contributed by atoms with Crippen molar-refractivity contribution in [1.82, 2.24) is 0 Å². The molecular formula is C10H14O2. The molecule has 0 radical (unpaired) electrons. The summed E-state index contributed by atoms with van der Waals surface area (Å²) >= 11 is 0. The number of rotatable bonds is 3. The van der Waals surface area contributed by atoms with Gasteiger partial charge in [0, 0.05) is 13.5 Å². The third kappa shape index (κ3) is 2.64. The second kappa shape index (κ2) is 4.24. The van der Waals surface area contributed by atoms with E-state index in [1.165, 1.54) is 12.7 Å². The van der Waals surface area contributed by atoms with Gasteiger partial charge >= 0.3 is 0 Å². The first-order chi connectivity index (χ1) is 5.72. The minimum atomic E-state index is -0.687. The Bertz CT molecular complexity index is 228. The molecule has 0 aliphatic rings. The van der Waals surface area contributed by atoms with Crippen molar-refractivity contribution in [3.8, 4) is 0 Å². The van der Waals surface area contributed by atoms with Gasteiger partial charge in [-0.2, -0.15) is 0 Å². The van der Waals surface area contributed by atoms with Crippen molar-refractivity contribution < 1.29 is 9.84 Å². The molecule has 1 aromatic rings. The van der Waals surface area contributed by atoms with Gasteiger partial charge in [0.1, 0.15) is 0 Å². The summed E-state index contributed by atoms with van der Waals surface area (Å²) in [5, 5.41) is 9.16. The minimum Gasteiger partial charge on any atom is -0.368 e. The molecule has 1 aromatic carbocycles. The summed E-state index contributed by atoms with van der Waals surface area (Å²) in [5.41, 5.74) is 2.32. The molecule has 1 atom stereocenters. The van der Waals surface area contributed by atoms with Gasteiger partial charge in [0.05, 0.1) is 0 Å². The Morgan fingerprint density at radius 3 is 2.42 bits per heavy atom. The molecule has 2 heteroatoms. The van der Waals surface area contributed by atoms with Gasteiger partial charge in [-0.15, -0.1) is 0 Å². The van der Waals surface area contributed by atoms with Crippen LogP contribution < -0.4 is 0 Å². The SMILES string of the molecule is COC(O)Cc1ccc(C)cc1. The van der Waals surface area contributed by atoms with Crippen LogP contribution >= 0.6 is 0 Å². The lowest BCUT2D eigenvalue weighted by Gasteiger charge is -2.07. The summed E-state index contributed by atoms with van der Waals surface area (Å²) in [6.45, 7) is 2.04. The molecule has 0 aromatic heterocycles. The smallest absolute Gasteiger partial charge is 0.158 e. The third-order valence-corrected chi connectivity index (χ3v) is 1.80. The zero-order chi connectivity index (χ0) is 8.97. The Hall–Kier alpha value is -0.860. The molecule has 66 valence electrons. The largest absolute Gasteiger partial charge is 0.368 e. The van der Waals surface area contributed by atoms with Crippen molar-refractivity contribution in [2.45, 2.75) is 19.6 Å². The molecule has 1 N–H and O–H groups in total. The highest BCUT2D eigenvalue weighted by Gasteiger charge is 2.01. The lowest BCUT2D eigenvalue weighted by Crippen LogP contribution is -2.12. The van der Waals surface area contributed by atoms with Gasteiger partial charge < -0.3 is 9.84 Å². The van der Waals surface area contributed by atoms with E-state index in [9.17, 15) is 0 Å². The zero-order valence-corrected chi connectivity index (χ0v) is 7.45. The van der Waals surface area contributed by atoms with Gasteiger partial charge in [-0.25, -0.2) is 0 Å². The van der Waals surface area contributed by atoms with Crippen molar-refractivity contribution in [1.29, 1.82) is 0 Å². The van der Waals surface area contributed by atoms with Gasteiger partial charge in [0.25, 0.3) is 0 Å². The molecule has 0 aliphatic carbocycles. The van der Waals surface area contributed by atoms with Gasteiger partial charge in [0.15, 0.2) is 6.29 Å². The molecule has 0 amide bonds. The average molecular weight is 166 g/mol. The standard InChI is InChI=1S/C10H14O2/c1-8-3-5-9(6-4-8)7-10(11)12-2/h3-6,10-11H,7H2,1-2H3. The fourth-order valence-electron chi connectivity index (χ4n) is 1.01. The summed E-state index contributed by atoms with van der Waals surface area (Å²) in [4.78, 5) is 0. The monoisotopic (exact) mass is 166 g/mol. The van der Waals surface area contributed by atoms with Crippen molar-refractivity contribution in [2.75, 3.05) is 7.11 Å². The normalized spacial score (nSPS) is 12.9. The van der Waals surface area contributed by atoms with Crippen LogP contribution in [-0.2, 0) is 11.2 Å². The predicted molar refractivity (Wildman–Crippen MR) is 47.9 cm³/mol. The molecule has 0 heterocycles. The predicted octanol–water partition coefficient (Wildman–Crippen LogP) is 1.50. The molecule has 0 saturated carbocycles. The molecule has 12 heavy (non-hydrogen) atoms. The van der Waals surface area contributed by atoms with Crippen LogP contribution in [0.1, 0.15) is 11.1 Å². The Labute approximate surface area is 72.8 Å². The topological polar surface area (TPSA) is 29.5 Å². The van der Waals surface area contributed by atoms with Crippen LogP contribution in [0.25, 0.3) is 0 Å². The van der Waals surface area contributed by atoms with Crippen LogP contribution in [0.2, 0.25) is 0 Å². The Balaban J connectivity index is 2.58. The molecule has 1 unspecified atom stereocenters. The van der Waals surface area contributed by atoms with E-state index in [2.05, 4.69) is 0 Å². The van der Waals surface area contributed by atoms with Crippen molar-refractivity contribution in [2.24, 2.45) is 0 Å². The number of aliphatic hydroxyl groups is 1. The maximum absolute atomic E-state index is 9.16. The number of aliphatic hydroxyl groups excluding tert-OH is 1. The lowest BCUT2D eigenvalue weighted by molar-refractivity contribution is -0.0720. The Kier molecular flexibility index (Phi) is 3.26. The van der Waals surface area contributed by atoms with Gasteiger partial charge in [-0.3, -0.25) is 0 Å². The van der Waals surface area contributed by atoms with Crippen LogP contribution in [0, 0.1) is 6.92 Å². The molecule has 0 spiro atoms. The summed E-state index contributed by atoms with van der Waals surface area (Å²) in [6.07, 6.45) is -0.135. The fourth-order valence-corrected chi connectivity index (χ4v) is 1.01. The second-order valence-electron chi connectivity index (χ2n) is 2.88. The van der Waals surface area contributed by atoms with Crippen LogP contribution in [0.4, 0.5) is 0 Å². The number of aryl methyl sites for hydroxylation is 1. The number of benzene rings is 1. The van der Waals surface area contributed by atoms with Crippen LogP contribution in [0.3, 0.4) is 0 Å². The minimum absolute atomic E-state index is 0.552. The third-order valence-electron chi connectivity index (χ3n) is 1.80. The summed E-state index contributed by atoms with van der Waals surface area (Å²) in [5.74, 6) is 0. The summed E-state index contributed by atoms with van der Waals surface area (Å²) < 4.78 is 4.74. The quantitative estimate of drug-likeness (QED) is 0.689. The molecular weight excluding hydrogens is 152 g/mol. The number of hydrogen-bond acceptors (Lipinski definition) is 2. The first kappa shape index (κ1) is 9.23. The first-order valence-corrected chi connectivity index (χ1v) is 3.99. The van der Waals surface area contributed by atoms with Gasteiger partial charge in [-0.1, -0.05) is 29.8 Å². The fraction of sp³-hybridized carbons (Fsp3) is 0.400. The Morgan fingerprint density at radius 2 is 1.92 bits per heavy atom. The van der Waals surface area contributed by atoms with Crippen LogP contribution in [-0.4, -0.2) is 18.5 Å². The van der Waals surface area contributed by atoms with E-state index >= 15 is 0 Å². The van der Waals surface area contributed by atoms with Crippen molar-refractivity contribution in [3.05, 3.63) is 35.4 Å². The Morgan fingerprint density at radius 1 is 1.33 bits per heavy atom. The van der Waals surface area contributed by atoms with Crippen molar-refractivity contribution >= 4 is 0 Å². The van der Waals surface area contributed by atoms with E-state index in [1.807, 2.05) is 31.2 Å². The number of ether oxygens (including phenoxy) is 1. The molecule has 0 bridgehead atoms. The highest BCUT2D eigenvalue weighted by molar-refractivity contribution is 5.21. The number of methoxy groups -OCH3 is 1. The molecule has 0 aliphatic heterocycles. The van der Waals surface area contributed by atoms with Crippen molar-refractivity contribution in [3.63, 3.8) is 0 Å². The van der Waals surface area contributed by atoms with E-state index in [0.717, 1.165) is 5.56 Å². The van der Waals surface area contributed by atoms with Crippen LogP contribution in [0.5, 0.6) is 0 Å². The second-order valence-corrected chi connectivity index (χ2v) is 2.88. The summed E-state index contributed by atoms with van der Waals surface area (Å²) in [7, 11) is 1.50. The highest BCUT2D eigenvalue weighted by atomic mass is 16.6. The van der Waals surface area contributed by atoms with Gasteiger partial charge in [0.2, 0.25) is 0 Å².